The Balaban J connectivity index is 1.98. The first-order chi connectivity index (χ1) is 5.22. The quantitative estimate of drug-likeness (QED) is 0.558. The first-order valence-electron chi connectivity index (χ1n) is 4.25. The van der Waals surface area contributed by atoms with Crippen molar-refractivity contribution in [1.29, 1.82) is 0 Å². The third-order valence-corrected chi connectivity index (χ3v) is 3.12. The van der Waals surface area contributed by atoms with Crippen LogP contribution in [0.5, 0.6) is 0 Å². The summed E-state index contributed by atoms with van der Waals surface area (Å²) in [7, 11) is 0. The van der Waals surface area contributed by atoms with Crippen LogP contribution < -0.4 is 11.1 Å². The molecule has 3 N–H and O–H groups in total. The number of nitrogens with one attached hydrogen (secondary N) is 1. The molecule has 1 aliphatic heterocycles. The summed E-state index contributed by atoms with van der Waals surface area (Å²) in [6, 6.07) is -0.0460. The molecule has 1 spiro atoms. The molecule has 2 rings (SSSR count). The molecule has 0 aromatic rings. The van der Waals surface area contributed by atoms with E-state index in [9.17, 15) is 4.79 Å². The standard InChI is InChI=1S/C8H14N2O/c9-7(11)6-4-8(5-10-6)2-1-3-8/h6,10H,1-5H2,(H2,9,11)/t6-/m0/s1. The van der Waals surface area contributed by atoms with Crippen molar-refractivity contribution >= 4 is 5.91 Å². The van der Waals surface area contributed by atoms with Gasteiger partial charge in [0.2, 0.25) is 5.91 Å². The zero-order valence-corrected chi connectivity index (χ0v) is 6.60. The van der Waals surface area contributed by atoms with Crippen LogP contribution in [0.25, 0.3) is 0 Å². The van der Waals surface area contributed by atoms with Crippen LogP contribution in [0.3, 0.4) is 0 Å². The van der Waals surface area contributed by atoms with Crippen molar-refractivity contribution in [1.82, 2.24) is 5.32 Å². The number of hydrogen-bond donors (Lipinski definition) is 2. The zero-order chi connectivity index (χ0) is 7.90. The van der Waals surface area contributed by atoms with Gasteiger partial charge in [-0.1, -0.05) is 6.42 Å². The Kier molecular flexibility index (Phi) is 1.42. The predicted molar refractivity (Wildman–Crippen MR) is 41.9 cm³/mol. The lowest BCUT2D eigenvalue weighted by atomic mass is 9.67. The lowest BCUT2D eigenvalue weighted by Crippen LogP contribution is -2.36. The zero-order valence-electron chi connectivity index (χ0n) is 6.60. The third-order valence-electron chi connectivity index (χ3n) is 3.12. The SMILES string of the molecule is NC(=O)[C@@H]1CC2(CCC2)CN1. The van der Waals surface area contributed by atoms with Gasteiger partial charge in [-0.15, -0.1) is 0 Å². The lowest BCUT2D eigenvalue weighted by molar-refractivity contribution is -0.119. The minimum absolute atomic E-state index is 0.0460. The highest BCUT2D eigenvalue weighted by atomic mass is 16.1. The van der Waals surface area contributed by atoms with Gasteiger partial charge in [-0.2, -0.15) is 0 Å². The number of carbonyl (C=O) groups is 1. The van der Waals surface area contributed by atoms with Crippen molar-refractivity contribution in [2.75, 3.05) is 6.54 Å². The van der Waals surface area contributed by atoms with E-state index in [2.05, 4.69) is 5.32 Å². The van der Waals surface area contributed by atoms with E-state index in [-0.39, 0.29) is 11.9 Å². The van der Waals surface area contributed by atoms with E-state index in [1.54, 1.807) is 0 Å². The number of nitrogens with two attached hydrogens (primary N) is 1. The van der Waals surface area contributed by atoms with Crippen molar-refractivity contribution in [2.24, 2.45) is 11.1 Å². The smallest absolute Gasteiger partial charge is 0.234 e. The number of hydrogen-bond acceptors (Lipinski definition) is 2. The molecule has 1 aliphatic carbocycles. The molecule has 0 aromatic carbocycles. The molecule has 2 fully saturated rings. The minimum Gasteiger partial charge on any atom is -0.368 e. The summed E-state index contributed by atoms with van der Waals surface area (Å²) in [6.45, 7) is 1.00. The molecule has 0 unspecified atom stereocenters. The van der Waals surface area contributed by atoms with E-state index in [0.29, 0.717) is 5.41 Å². The Morgan fingerprint density at radius 2 is 2.27 bits per heavy atom. The summed E-state index contributed by atoms with van der Waals surface area (Å²) in [5.41, 5.74) is 5.65. The van der Waals surface area contributed by atoms with Crippen LogP contribution in [0, 0.1) is 5.41 Å². The van der Waals surface area contributed by atoms with Gasteiger partial charge < -0.3 is 11.1 Å². The van der Waals surface area contributed by atoms with Crippen molar-refractivity contribution in [3.63, 3.8) is 0 Å². The second kappa shape index (κ2) is 2.21. The summed E-state index contributed by atoms with van der Waals surface area (Å²) in [5, 5.41) is 3.17. The van der Waals surface area contributed by atoms with Gasteiger partial charge in [0.15, 0.2) is 0 Å². The van der Waals surface area contributed by atoms with Gasteiger partial charge in [-0.25, -0.2) is 0 Å². The molecule has 1 atom stereocenters. The number of rotatable bonds is 1. The molecule has 62 valence electrons. The maximum Gasteiger partial charge on any atom is 0.234 e. The summed E-state index contributed by atoms with van der Waals surface area (Å²) in [4.78, 5) is 10.8. The van der Waals surface area contributed by atoms with Crippen LogP contribution >= 0.6 is 0 Å². The van der Waals surface area contributed by atoms with Crippen molar-refractivity contribution in [3.05, 3.63) is 0 Å². The number of amides is 1. The maximum atomic E-state index is 10.8. The molecule has 3 nitrogen and oxygen atoms in total. The molecule has 0 radical (unpaired) electrons. The highest BCUT2D eigenvalue weighted by molar-refractivity contribution is 5.80. The highest BCUT2D eigenvalue weighted by Gasteiger charge is 2.44. The normalized spacial score (nSPS) is 33.6. The molecule has 1 heterocycles. The maximum absolute atomic E-state index is 10.8. The van der Waals surface area contributed by atoms with E-state index < -0.39 is 0 Å². The molecule has 0 bridgehead atoms. The predicted octanol–water partition coefficient (Wildman–Crippen LogP) is 0.00390. The molecule has 3 heteroatoms. The summed E-state index contributed by atoms with van der Waals surface area (Å²) in [6.07, 6.45) is 4.86. The Labute approximate surface area is 66.3 Å². The van der Waals surface area contributed by atoms with Crippen LogP contribution in [0.4, 0.5) is 0 Å². The van der Waals surface area contributed by atoms with E-state index in [4.69, 9.17) is 5.73 Å². The molecule has 11 heavy (non-hydrogen) atoms. The number of primary amides is 1. The summed E-state index contributed by atoms with van der Waals surface area (Å²) >= 11 is 0. The minimum atomic E-state index is -0.186. The van der Waals surface area contributed by atoms with Gasteiger partial charge in [-0.05, 0) is 24.7 Å². The first kappa shape index (κ1) is 7.10. The molecular weight excluding hydrogens is 140 g/mol. The van der Waals surface area contributed by atoms with Gasteiger partial charge in [0.05, 0.1) is 6.04 Å². The topological polar surface area (TPSA) is 55.1 Å². The summed E-state index contributed by atoms with van der Waals surface area (Å²) in [5.74, 6) is -0.186. The van der Waals surface area contributed by atoms with Gasteiger partial charge in [0.1, 0.15) is 0 Å². The van der Waals surface area contributed by atoms with Crippen LogP contribution in [-0.4, -0.2) is 18.5 Å². The average molecular weight is 154 g/mol. The van der Waals surface area contributed by atoms with Gasteiger partial charge >= 0.3 is 0 Å². The van der Waals surface area contributed by atoms with Crippen LogP contribution in [0.15, 0.2) is 0 Å². The average Bonchev–Trinajstić information content (AvgIpc) is 2.28. The largest absolute Gasteiger partial charge is 0.368 e. The van der Waals surface area contributed by atoms with E-state index >= 15 is 0 Å². The molecule has 1 saturated carbocycles. The highest BCUT2D eigenvalue weighted by Crippen LogP contribution is 2.46. The fourth-order valence-electron chi connectivity index (χ4n) is 2.18. The summed E-state index contributed by atoms with van der Waals surface area (Å²) < 4.78 is 0. The molecular formula is C8H14N2O. The number of carbonyl (C=O) groups excluding carboxylic acids is 1. The van der Waals surface area contributed by atoms with Gasteiger partial charge in [-0.3, -0.25) is 4.79 Å². The molecule has 1 amide bonds. The fourth-order valence-corrected chi connectivity index (χ4v) is 2.18. The third kappa shape index (κ3) is 1.03. The first-order valence-corrected chi connectivity index (χ1v) is 4.25. The van der Waals surface area contributed by atoms with E-state index in [1.165, 1.54) is 19.3 Å². The second-order valence-corrected chi connectivity index (χ2v) is 3.89. The van der Waals surface area contributed by atoms with Crippen molar-refractivity contribution in [3.8, 4) is 0 Å². The van der Waals surface area contributed by atoms with Crippen LogP contribution in [0.1, 0.15) is 25.7 Å². The molecule has 1 saturated heterocycles. The second-order valence-electron chi connectivity index (χ2n) is 3.89. The van der Waals surface area contributed by atoms with E-state index in [1.807, 2.05) is 0 Å². The van der Waals surface area contributed by atoms with Crippen LogP contribution in [0.2, 0.25) is 0 Å². The van der Waals surface area contributed by atoms with Gasteiger partial charge in [0, 0.05) is 6.54 Å². The lowest BCUT2D eigenvalue weighted by Gasteiger charge is -2.37. The Hall–Kier alpha value is -0.570. The molecule has 0 aromatic heterocycles. The van der Waals surface area contributed by atoms with Gasteiger partial charge in [0.25, 0.3) is 0 Å². The Morgan fingerprint density at radius 1 is 1.55 bits per heavy atom. The van der Waals surface area contributed by atoms with Crippen molar-refractivity contribution in [2.45, 2.75) is 31.7 Å². The van der Waals surface area contributed by atoms with Crippen LogP contribution in [-0.2, 0) is 4.79 Å². The van der Waals surface area contributed by atoms with E-state index in [0.717, 1.165) is 13.0 Å². The monoisotopic (exact) mass is 154 g/mol. The Bertz CT molecular complexity index is 187. The Morgan fingerprint density at radius 3 is 2.55 bits per heavy atom. The molecule has 2 aliphatic rings. The fraction of sp³-hybridized carbons (Fsp3) is 0.875. The van der Waals surface area contributed by atoms with Crippen molar-refractivity contribution < 1.29 is 4.79 Å².